The summed E-state index contributed by atoms with van der Waals surface area (Å²) < 4.78 is 2.72. The normalized spacial score (nSPS) is 9.85. The second-order valence-corrected chi connectivity index (χ2v) is 7.92. The Kier molecular flexibility index (Phi) is 12.8. The average Bonchev–Trinajstić information content (AvgIpc) is 3.14. The number of aryl methyl sites for hydroxylation is 2. The molecule has 2 N–H and O–H groups in total. The fourth-order valence-electron chi connectivity index (χ4n) is 1.96. The van der Waals surface area contributed by atoms with Crippen molar-refractivity contribution in [3.05, 3.63) is 44.3 Å². The van der Waals surface area contributed by atoms with Crippen molar-refractivity contribution in [3.8, 4) is 0 Å². The van der Waals surface area contributed by atoms with Gasteiger partial charge in [0, 0.05) is 13.8 Å². The molecule has 2 aromatic heterocycles. The van der Waals surface area contributed by atoms with Gasteiger partial charge in [-0.3, -0.25) is 0 Å². The minimum atomic E-state index is -0.518. The van der Waals surface area contributed by atoms with Gasteiger partial charge >= 0.3 is 47.0 Å². The predicted octanol–water partition coefficient (Wildman–Crippen LogP) is 1.56. The summed E-state index contributed by atoms with van der Waals surface area (Å²) in [5.41, 5.74) is 0. The quantitative estimate of drug-likeness (QED) is 0.369. The van der Waals surface area contributed by atoms with Gasteiger partial charge in [0.1, 0.15) is 25.5 Å². The first-order chi connectivity index (χ1) is 12.7. The molecule has 0 saturated carbocycles. The van der Waals surface area contributed by atoms with Crippen molar-refractivity contribution >= 4 is 30.5 Å². The van der Waals surface area contributed by atoms with Crippen LogP contribution in [0.15, 0.2) is 12.4 Å². The van der Waals surface area contributed by atoms with Gasteiger partial charge in [-0.25, -0.2) is 19.1 Å². The predicted molar refractivity (Wildman–Crippen MR) is 93.1 cm³/mol. The maximum absolute atomic E-state index is 10.4. The summed E-state index contributed by atoms with van der Waals surface area (Å²) in [5, 5.41) is 37.9. The van der Waals surface area contributed by atoms with E-state index in [0.29, 0.717) is 11.6 Å². The van der Waals surface area contributed by atoms with Gasteiger partial charge in [0.2, 0.25) is 0 Å². The Morgan fingerprint density at radius 2 is 1.26 bits per heavy atom. The van der Waals surface area contributed by atoms with E-state index >= 15 is 0 Å². The van der Waals surface area contributed by atoms with Crippen molar-refractivity contribution in [2.24, 2.45) is 0 Å². The Morgan fingerprint density at radius 1 is 0.963 bits per heavy atom. The fraction of sp³-hybridized carbons (Fsp3) is 0.500. The Labute approximate surface area is 170 Å². The van der Waals surface area contributed by atoms with E-state index in [1.165, 1.54) is 21.5 Å². The number of aliphatic hydroxyl groups is 2. The van der Waals surface area contributed by atoms with Crippen LogP contribution in [0.25, 0.3) is 0 Å². The third-order valence-corrected chi connectivity index (χ3v) is 3.09. The standard InChI is InChI=1S/2C6H9N3O3.2ClH.Pt/c2*1-5-7-4-6(9(11)12)8(5)2-3-10;;;/h2*4,10H,2-3H2,1H3;2*1H;/q;;;;+2/p-2. The van der Waals surface area contributed by atoms with E-state index in [4.69, 9.17) is 29.0 Å². The van der Waals surface area contributed by atoms with Gasteiger partial charge in [0.25, 0.3) is 0 Å². The molecule has 0 atom stereocenters. The van der Waals surface area contributed by atoms with E-state index in [0.717, 1.165) is 0 Å². The first-order valence-electron chi connectivity index (χ1n) is 7.12. The second-order valence-electron chi connectivity index (χ2n) is 4.64. The summed E-state index contributed by atoms with van der Waals surface area (Å²) >= 11 is -0.472. The zero-order valence-corrected chi connectivity index (χ0v) is 18.1. The number of nitrogens with zero attached hydrogens (tertiary/aromatic N) is 6. The molecule has 0 radical (unpaired) electrons. The number of hydrogen-bond donors (Lipinski definition) is 2. The number of rotatable bonds is 6. The summed E-state index contributed by atoms with van der Waals surface area (Å²) in [7, 11) is 9.75. The molecule has 2 aromatic rings. The van der Waals surface area contributed by atoms with Crippen molar-refractivity contribution in [1.82, 2.24) is 19.1 Å². The molecule has 0 aromatic carbocycles. The molecule has 12 nitrogen and oxygen atoms in total. The third kappa shape index (κ3) is 8.31. The zero-order valence-electron chi connectivity index (χ0n) is 14.3. The Hall–Kier alpha value is -1.59. The molecule has 0 bridgehead atoms. The molecule has 0 amide bonds. The molecule has 2 rings (SSSR count). The van der Waals surface area contributed by atoms with Gasteiger partial charge in [0.05, 0.1) is 13.2 Å². The van der Waals surface area contributed by atoms with Crippen molar-refractivity contribution < 1.29 is 36.5 Å². The van der Waals surface area contributed by atoms with Crippen LogP contribution in [-0.4, -0.2) is 52.4 Å². The molecule has 0 aliphatic carbocycles. The van der Waals surface area contributed by atoms with Gasteiger partial charge < -0.3 is 30.4 Å². The van der Waals surface area contributed by atoms with Gasteiger partial charge in [-0.1, -0.05) is 0 Å². The van der Waals surface area contributed by atoms with Crippen LogP contribution in [0.2, 0.25) is 0 Å². The van der Waals surface area contributed by atoms with Gasteiger partial charge in [0.15, 0.2) is 11.6 Å². The fourth-order valence-corrected chi connectivity index (χ4v) is 1.96. The number of aliphatic hydroxyl groups excluding tert-OH is 2. The topological polar surface area (TPSA) is 162 Å². The van der Waals surface area contributed by atoms with E-state index < -0.39 is 26.3 Å². The van der Waals surface area contributed by atoms with Crippen molar-refractivity contribution in [2.45, 2.75) is 26.9 Å². The number of nitro groups is 2. The Balaban J connectivity index is 0.000000438. The van der Waals surface area contributed by atoms with Crippen LogP contribution < -0.4 is 0 Å². The van der Waals surface area contributed by atoms with E-state index in [1.807, 2.05) is 0 Å². The molecular formula is C12H18Cl2N6O6Pt. The molecular weight excluding hydrogens is 590 g/mol. The van der Waals surface area contributed by atoms with Crippen molar-refractivity contribution in [2.75, 3.05) is 13.2 Å². The van der Waals surface area contributed by atoms with E-state index in [9.17, 15) is 20.2 Å². The van der Waals surface area contributed by atoms with Crippen molar-refractivity contribution in [3.63, 3.8) is 0 Å². The maximum atomic E-state index is 10.4. The molecule has 0 aliphatic rings. The molecule has 0 unspecified atom stereocenters. The second kappa shape index (κ2) is 13.6. The van der Waals surface area contributed by atoms with E-state index in [2.05, 4.69) is 9.97 Å². The van der Waals surface area contributed by atoms with Gasteiger partial charge in [-0.2, -0.15) is 0 Å². The molecule has 0 aliphatic heterocycles. The number of aromatic nitrogens is 4. The van der Waals surface area contributed by atoms with Crippen LogP contribution in [0, 0.1) is 34.1 Å². The SMILES string of the molecule is Cc1ncc([N+](=O)[O-])n1CCO.Cc1ncc([N+](=O)[O-])n1CCO.[Cl][Pt][Cl]. The molecule has 0 saturated heterocycles. The van der Waals surface area contributed by atoms with Crippen LogP contribution in [0.3, 0.4) is 0 Å². The van der Waals surface area contributed by atoms with Gasteiger partial charge in [-0.15, -0.1) is 0 Å². The first-order valence-corrected chi connectivity index (χ1v) is 12.7. The Morgan fingerprint density at radius 3 is 1.48 bits per heavy atom. The number of halogens is 2. The first kappa shape index (κ1) is 25.4. The van der Waals surface area contributed by atoms with Crippen LogP contribution in [0.1, 0.15) is 11.6 Å². The summed E-state index contributed by atoms with van der Waals surface area (Å²) in [6, 6.07) is 0. The summed E-state index contributed by atoms with van der Waals surface area (Å²) in [5.74, 6) is 0.912. The summed E-state index contributed by atoms with van der Waals surface area (Å²) in [6.07, 6.45) is 2.37. The van der Waals surface area contributed by atoms with Crippen LogP contribution in [-0.2, 0) is 29.6 Å². The molecule has 0 spiro atoms. The summed E-state index contributed by atoms with van der Waals surface area (Å²) in [4.78, 5) is 27.2. The van der Waals surface area contributed by atoms with Gasteiger partial charge in [-0.05, 0) is 9.85 Å². The van der Waals surface area contributed by atoms with E-state index in [-0.39, 0.29) is 37.9 Å². The third-order valence-electron chi connectivity index (χ3n) is 3.09. The molecule has 27 heavy (non-hydrogen) atoms. The monoisotopic (exact) mass is 607 g/mol. The van der Waals surface area contributed by atoms with Crippen LogP contribution in [0.5, 0.6) is 0 Å². The van der Waals surface area contributed by atoms with Crippen LogP contribution >= 0.6 is 18.8 Å². The van der Waals surface area contributed by atoms with Crippen LogP contribution in [0.4, 0.5) is 11.6 Å². The summed E-state index contributed by atoms with van der Waals surface area (Å²) in [6.45, 7) is 3.48. The molecule has 2 heterocycles. The number of hydrogen-bond acceptors (Lipinski definition) is 8. The van der Waals surface area contributed by atoms with E-state index in [1.54, 1.807) is 13.8 Å². The minimum absolute atomic E-state index is 0.0819. The molecule has 156 valence electrons. The zero-order chi connectivity index (χ0) is 21.0. The Bertz CT molecular complexity index is 680. The average molecular weight is 608 g/mol. The molecule has 0 fully saturated rings. The number of imidazole rings is 2. The van der Waals surface area contributed by atoms with Crippen molar-refractivity contribution in [1.29, 1.82) is 0 Å². The molecule has 15 heteroatoms.